The molecule has 1 aliphatic rings. The second kappa shape index (κ2) is 7.28. The molecule has 0 aromatic rings. The summed E-state index contributed by atoms with van der Waals surface area (Å²) in [5, 5.41) is 11.9. The van der Waals surface area contributed by atoms with Crippen molar-refractivity contribution in [3.05, 3.63) is 12.2 Å². The minimum absolute atomic E-state index is 0.0218. The Morgan fingerprint density at radius 1 is 1.56 bits per heavy atom. The van der Waals surface area contributed by atoms with Crippen molar-refractivity contribution in [3.63, 3.8) is 0 Å². The average molecular weight is 226 g/mol. The quantitative estimate of drug-likeness (QED) is 0.698. The van der Waals surface area contributed by atoms with E-state index >= 15 is 0 Å². The van der Waals surface area contributed by atoms with Gasteiger partial charge in [-0.3, -0.25) is 0 Å². The predicted octanol–water partition coefficient (Wildman–Crippen LogP) is 1.51. The number of carbonyl (C=O) groups is 1. The van der Waals surface area contributed by atoms with E-state index in [0.717, 1.165) is 25.7 Å². The summed E-state index contributed by atoms with van der Waals surface area (Å²) >= 11 is 0. The lowest BCUT2D eigenvalue weighted by atomic mass is 10.0. The Kier molecular flexibility index (Phi) is 5.93. The molecular formula is C12H22N2O2. The third-order valence-electron chi connectivity index (χ3n) is 2.71. The predicted molar refractivity (Wildman–Crippen MR) is 64.3 cm³/mol. The van der Waals surface area contributed by atoms with Gasteiger partial charge in [-0.05, 0) is 25.7 Å². The zero-order chi connectivity index (χ0) is 11.8. The van der Waals surface area contributed by atoms with Crippen LogP contribution in [0.4, 0.5) is 4.79 Å². The molecular weight excluding hydrogens is 204 g/mol. The zero-order valence-corrected chi connectivity index (χ0v) is 9.98. The minimum atomic E-state index is -0.0625. The standard InChI is InChI=1S/C12H22N2O2/c1-2-8-14(9-10-15)12(16)13-11-6-4-3-5-7-11/h4,6,11,15H,2-3,5,7-10H2,1H3,(H,13,16). The van der Waals surface area contributed by atoms with Crippen LogP contribution in [0.1, 0.15) is 32.6 Å². The molecule has 2 N–H and O–H groups in total. The second-order valence-electron chi connectivity index (χ2n) is 4.13. The Labute approximate surface area is 97.3 Å². The van der Waals surface area contributed by atoms with Crippen LogP contribution in [-0.4, -0.2) is 41.8 Å². The number of hydrogen-bond acceptors (Lipinski definition) is 2. The largest absolute Gasteiger partial charge is 0.395 e. The van der Waals surface area contributed by atoms with Crippen molar-refractivity contribution >= 4 is 6.03 Å². The highest BCUT2D eigenvalue weighted by molar-refractivity contribution is 5.74. The van der Waals surface area contributed by atoms with Gasteiger partial charge in [0.1, 0.15) is 0 Å². The lowest BCUT2D eigenvalue weighted by Gasteiger charge is -2.25. The zero-order valence-electron chi connectivity index (χ0n) is 9.98. The molecule has 0 aromatic heterocycles. The molecule has 0 heterocycles. The van der Waals surface area contributed by atoms with Crippen LogP contribution in [-0.2, 0) is 0 Å². The molecule has 0 spiro atoms. The van der Waals surface area contributed by atoms with E-state index in [-0.39, 0.29) is 18.7 Å². The lowest BCUT2D eigenvalue weighted by molar-refractivity contribution is 0.175. The van der Waals surface area contributed by atoms with Crippen molar-refractivity contribution in [2.24, 2.45) is 0 Å². The van der Waals surface area contributed by atoms with Gasteiger partial charge in [-0.15, -0.1) is 0 Å². The summed E-state index contributed by atoms with van der Waals surface area (Å²) in [5.41, 5.74) is 0. The maximum absolute atomic E-state index is 11.9. The summed E-state index contributed by atoms with van der Waals surface area (Å²) in [6, 6.07) is 0.103. The van der Waals surface area contributed by atoms with Gasteiger partial charge in [0.15, 0.2) is 0 Å². The summed E-state index contributed by atoms with van der Waals surface area (Å²) in [6.45, 7) is 3.16. The molecule has 1 rings (SSSR count). The van der Waals surface area contributed by atoms with Gasteiger partial charge in [0, 0.05) is 19.1 Å². The van der Waals surface area contributed by atoms with Crippen LogP contribution in [0.15, 0.2) is 12.2 Å². The monoisotopic (exact) mass is 226 g/mol. The first-order valence-electron chi connectivity index (χ1n) is 6.11. The molecule has 16 heavy (non-hydrogen) atoms. The topological polar surface area (TPSA) is 52.6 Å². The second-order valence-corrected chi connectivity index (χ2v) is 4.13. The molecule has 0 aliphatic heterocycles. The molecule has 0 saturated heterocycles. The van der Waals surface area contributed by atoms with E-state index in [4.69, 9.17) is 5.11 Å². The Morgan fingerprint density at radius 3 is 2.94 bits per heavy atom. The Hall–Kier alpha value is -1.03. The number of carbonyl (C=O) groups excluding carboxylic acids is 1. The first-order valence-corrected chi connectivity index (χ1v) is 6.11. The molecule has 4 heteroatoms. The molecule has 1 unspecified atom stereocenters. The van der Waals surface area contributed by atoms with Crippen LogP contribution in [0, 0.1) is 0 Å². The van der Waals surface area contributed by atoms with E-state index in [1.807, 2.05) is 6.92 Å². The molecule has 1 atom stereocenters. The molecule has 0 radical (unpaired) electrons. The smallest absolute Gasteiger partial charge is 0.317 e. The first kappa shape index (κ1) is 13.0. The maximum atomic E-state index is 11.9. The van der Waals surface area contributed by atoms with Gasteiger partial charge < -0.3 is 15.3 Å². The van der Waals surface area contributed by atoms with E-state index in [9.17, 15) is 4.79 Å². The normalized spacial score (nSPS) is 19.5. The van der Waals surface area contributed by atoms with E-state index in [1.54, 1.807) is 4.90 Å². The first-order chi connectivity index (χ1) is 7.77. The van der Waals surface area contributed by atoms with Crippen LogP contribution in [0.2, 0.25) is 0 Å². The number of allylic oxidation sites excluding steroid dienone is 1. The van der Waals surface area contributed by atoms with Gasteiger partial charge in [-0.25, -0.2) is 4.79 Å². The fourth-order valence-corrected chi connectivity index (χ4v) is 1.89. The van der Waals surface area contributed by atoms with Gasteiger partial charge in [-0.2, -0.15) is 0 Å². The van der Waals surface area contributed by atoms with E-state index < -0.39 is 0 Å². The van der Waals surface area contributed by atoms with Crippen molar-refractivity contribution in [1.82, 2.24) is 10.2 Å². The van der Waals surface area contributed by atoms with Crippen LogP contribution in [0.25, 0.3) is 0 Å². The van der Waals surface area contributed by atoms with Gasteiger partial charge in [0.05, 0.1) is 6.61 Å². The van der Waals surface area contributed by atoms with E-state index in [2.05, 4.69) is 17.5 Å². The Morgan fingerprint density at radius 2 is 2.38 bits per heavy atom. The summed E-state index contributed by atoms with van der Waals surface area (Å²) < 4.78 is 0. The SMILES string of the molecule is CCCN(CCO)C(=O)NC1C=CCCC1. The molecule has 0 fully saturated rings. The molecule has 2 amide bonds. The highest BCUT2D eigenvalue weighted by Gasteiger charge is 2.16. The van der Waals surface area contributed by atoms with E-state index in [1.165, 1.54) is 0 Å². The van der Waals surface area contributed by atoms with E-state index in [0.29, 0.717) is 13.1 Å². The number of nitrogens with zero attached hydrogens (tertiary/aromatic N) is 1. The van der Waals surface area contributed by atoms with Gasteiger partial charge >= 0.3 is 6.03 Å². The van der Waals surface area contributed by atoms with Crippen molar-refractivity contribution in [3.8, 4) is 0 Å². The highest BCUT2D eigenvalue weighted by atomic mass is 16.3. The fourth-order valence-electron chi connectivity index (χ4n) is 1.89. The highest BCUT2D eigenvalue weighted by Crippen LogP contribution is 2.10. The van der Waals surface area contributed by atoms with Crippen LogP contribution < -0.4 is 5.32 Å². The Balaban J connectivity index is 2.40. The van der Waals surface area contributed by atoms with Crippen molar-refractivity contribution in [2.75, 3.05) is 19.7 Å². The average Bonchev–Trinajstić information content (AvgIpc) is 2.30. The molecule has 0 saturated carbocycles. The molecule has 0 aromatic carbocycles. The lowest BCUT2D eigenvalue weighted by Crippen LogP contribution is -2.46. The summed E-state index contributed by atoms with van der Waals surface area (Å²) in [6.07, 6.45) is 8.35. The molecule has 4 nitrogen and oxygen atoms in total. The van der Waals surface area contributed by atoms with Gasteiger partial charge in [0.25, 0.3) is 0 Å². The Bertz CT molecular complexity index is 235. The summed E-state index contributed by atoms with van der Waals surface area (Å²) in [7, 11) is 0. The van der Waals surface area contributed by atoms with Crippen molar-refractivity contribution < 1.29 is 9.90 Å². The fraction of sp³-hybridized carbons (Fsp3) is 0.750. The third kappa shape index (κ3) is 4.23. The summed E-state index contributed by atoms with van der Waals surface area (Å²) in [4.78, 5) is 13.5. The minimum Gasteiger partial charge on any atom is -0.395 e. The number of urea groups is 1. The number of amides is 2. The van der Waals surface area contributed by atoms with Crippen molar-refractivity contribution in [1.29, 1.82) is 0 Å². The number of aliphatic hydroxyl groups excluding tert-OH is 1. The van der Waals surface area contributed by atoms with Crippen LogP contribution >= 0.6 is 0 Å². The van der Waals surface area contributed by atoms with Crippen LogP contribution in [0.5, 0.6) is 0 Å². The van der Waals surface area contributed by atoms with Gasteiger partial charge in [-0.1, -0.05) is 19.1 Å². The molecule has 0 bridgehead atoms. The van der Waals surface area contributed by atoms with Crippen molar-refractivity contribution in [2.45, 2.75) is 38.6 Å². The maximum Gasteiger partial charge on any atom is 0.317 e. The molecule has 92 valence electrons. The third-order valence-corrected chi connectivity index (χ3v) is 2.71. The number of rotatable bonds is 5. The number of hydrogen-bond donors (Lipinski definition) is 2. The number of nitrogens with one attached hydrogen (secondary N) is 1. The molecule has 1 aliphatic carbocycles. The number of aliphatic hydroxyl groups is 1. The van der Waals surface area contributed by atoms with Crippen LogP contribution in [0.3, 0.4) is 0 Å². The van der Waals surface area contributed by atoms with Gasteiger partial charge in [0.2, 0.25) is 0 Å². The summed E-state index contributed by atoms with van der Waals surface area (Å²) in [5.74, 6) is 0.